The molecule has 0 saturated heterocycles. The quantitative estimate of drug-likeness (QED) is 0.651. The lowest BCUT2D eigenvalue weighted by Gasteiger charge is -2.02. The van der Waals surface area contributed by atoms with Crippen LogP contribution in [0.4, 0.5) is 0 Å². The lowest BCUT2D eigenvalue weighted by Crippen LogP contribution is -1.83. The molecule has 0 amide bonds. The van der Waals surface area contributed by atoms with Crippen LogP contribution in [0.5, 0.6) is 0 Å². The molecule has 0 aliphatic rings. The minimum atomic E-state index is 0.643. The molecule has 18 heavy (non-hydrogen) atoms. The maximum Gasteiger partial charge on any atom is 0.178 e. The van der Waals surface area contributed by atoms with E-state index in [9.17, 15) is 5.26 Å². The number of fused-ring (bicyclic) bond motifs is 1. The largest absolute Gasteiger partial charge is 0.449 e. The van der Waals surface area contributed by atoms with Crippen LogP contribution in [0.25, 0.3) is 22.1 Å². The predicted molar refractivity (Wildman–Crippen MR) is 74.1 cm³/mol. The molecular formula is C15H8BrNO. The Hall–Kier alpha value is -2.05. The second-order valence-corrected chi connectivity index (χ2v) is 4.62. The van der Waals surface area contributed by atoms with Gasteiger partial charge in [-0.3, -0.25) is 0 Å². The predicted octanol–water partition coefficient (Wildman–Crippen LogP) is 4.73. The van der Waals surface area contributed by atoms with Crippen LogP contribution in [0.1, 0.15) is 5.56 Å². The summed E-state index contributed by atoms with van der Waals surface area (Å²) in [6.45, 7) is 0. The highest BCUT2D eigenvalue weighted by molar-refractivity contribution is 9.10. The third kappa shape index (κ3) is 1.62. The second kappa shape index (κ2) is 4.32. The van der Waals surface area contributed by atoms with Gasteiger partial charge in [0.25, 0.3) is 0 Å². The highest BCUT2D eigenvalue weighted by Gasteiger charge is 2.15. The molecule has 0 unspecified atom stereocenters. The van der Waals surface area contributed by atoms with Gasteiger partial charge in [0.15, 0.2) is 4.67 Å². The van der Waals surface area contributed by atoms with E-state index in [1.54, 1.807) is 0 Å². The fraction of sp³-hybridized carbons (Fsp3) is 0. The van der Waals surface area contributed by atoms with Crippen molar-refractivity contribution in [3.8, 4) is 17.2 Å². The first-order valence-corrected chi connectivity index (χ1v) is 6.27. The minimum Gasteiger partial charge on any atom is -0.449 e. The fourth-order valence-corrected chi connectivity index (χ4v) is 2.67. The van der Waals surface area contributed by atoms with E-state index in [0.29, 0.717) is 10.2 Å². The molecule has 0 saturated carbocycles. The molecular weight excluding hydrogens is 290 g/mol. The topological polar surface area (TPSA) is 36.9 Å². The first-order valence-electron chi connectivity index (χ1n) is 5.48. The minimum absolute atomic E-state index is 0.643. The number of para-hydroxylation sites is 1. The number of nitrogens with zero attached hydrogens (tertiary/aromatic N) is 1. The molecule has 0 aliphatic carbocycles. The third-order valence-corrected chi connectivity index (χ3v) is 3.43. The van der Waals surface area contributed by atoms with Crippen molar-refractivity contribution in [2.45, 2.75) is 0 Å². The van der Waals surface area contributed by atoms with Crippen molar-refractivity contribution in [3.63, 3.8) is 0 Å². The summed E-state index contributed by atoms with van der Waals surface area (Å²) in [6, 6.07) is 17.5. The van der Waals surface area contributed by atoms with E-state index in [-0.39, 0.29) is 0 Å². The van der Waals surface area contributed by atoms with Crippen LogP contribution in [0.3, 0.4) is 0 Å². The molecule has 1 aromatic heterocycles. The van der Waals surface area contributed by atoms with Gasteiger partial charge in [-0.1, -0.05) is 36.4 Å². The van der Waals surface area contributed by atoms with Gasteiger partial charge in [0.2, 0.25) is 0 Å². The molecule has 0 aliphatic heterocycles. The van der Waals surface area contributed by atoms with Gasteiger partial charge >= 0.3 is 0 Å². The molecule has 0 atom stereocenters. The second-order valence-electron chi connectivity index (χ2n) is 3.90. The van der Waals surface area contributed by atoms with Gasteiger partial charge in [-0.2, -0.15) is 5.26 Å². The first kappa shape index (κ1) is 11.1. The zero-order chi connectivity index (χ0) is 12.5. The number of halogens is 1. The van der Waals surface area contributed by atoms with E-state index >= 15 is 0 Å². The number of hydrogen-bond acceptors (Lipinski definition) is 2. The van der Waals surface area contributed by atoms with Crippen molar-refractivity contribution in [1.29, 1.82) is 5.26 Å². The maximum atomic E-state index is 9.18. The van der Waals surface area contributed by atoms with Gasteiger partial charge in [0.05, 0.1) is 11.6 Å². The van der Waals surface area contributed by atoms with Gasteiger partial charge in [-0.25, -0.2) is 0 Å². The zero-order valence-electron chi connectivity index (χ0n) is 9.35. The zero-order valence-corrected chi connectivity index (χ0v) is 10.9. The van der Waals surface area contributed by atoms with Crippen LogP contribution in [0.15, 0.2) is 57.6 Å². The van der Waals surface area contributed by atoms with E-state index in [0.717, 1.165) is 22.1 Å². The van der Waals surface area contributed by atoms with E-state index in [1.165, 1.54) is 0 Å². The lowest BCUT2D eigenvalue weighted by molar-refractivity contribution is 0.589. The molecule has 3 rings (SSSR count). The van der Waals surface area contributed by atoms with Crippen LogP contribution in [0.2, 0.25) is 0 Å². The van der Waals surface area contributed by atoms with Gasteiger partial charge in [0.1, 0.15) is 5.58 Å². The molecule has 0 bridgehead atoms. The summed E-state index contributed by atoms with van der Waals surface area (Å²) in [4.78, 5) is 0. The first-order chi connectivity index (χ1) is 8.81. The smallest absolute Gasteiger partial charge is 0.178 e. The Morgan fingerprint density at radius 1 is 1.00 bits per heavy atom. The number of hydrogen-bond donors (Lipinski definition) is 0. The molecule has 3 aromatic rings. The van der Waals surface area contributed by atoms with Crippen molar-refractivity contribution in [2.24, 2.45) is 0 Å². The SMILES string of the molecule is N#Cc1ccccc1-c1c(Br)oc2ccccc12. The van der Waals surface area contributed by atoms with Crippen LogP contribution >= 0.6 is 15.9 Å². The summed E-state index contributed by atoms with van der Waals surface area (Å²) in [5, 5.41) is 10.2. The standard InChI is InChI=1S/C15H8BrNO/c16-15-14(11-6-2-1-5-10(11)9-17)12-7-3-4-8-13(12)18-15/h1-8H. The van der Waals surface area contributed by atoms with Crippen LogP contribution < -0.4 is 0 Å². The van der Waals surface area contributed by atoms with Crippen LogP contribution in [0, 0.1) is 11.3 Å². The molecule has 0 fully saturated rings. The van der Waals surface area contributed by atoms with Crippen molar-refractivity contribution >= 4 is 26.9 Å². The van der Waals surface area contributed by atoms with Gasteiger partial charge in [-0.05, 0) is 28.1 Å². The number of nitriles is 1. The van der Waals surface area contributed by atoms with Crippen molar-refractivity contribution < 1.29 is 4.42 Å². The molecule has 2 nitrogen and oxygen atoms in total. The van der Waals surface area contributed by atoms with Crippen molar-refractivity contribution in [3.05, 3.63) is 58.8 Å². The number of furan rings is 1. The highest BCUT2D eigenvalue weighted by atomic mass is 79.9. The number of benzene rings is 2. The summed E-state index contributed by atoms with van der Waals surface area (Å²) in [5.41, 5.74) is 3.27. The summed E-state index contributed by atoms with van der Waals surface area (Å²) in [6.07, 6.45) is 0. The Morgan fingerprint density at radius 2 is 1.72 bits per heavy atom. The Kier molecular flexibility index (Phi) is 2.66. The molecule has 1 heterocycles. The molecule has 86 valence electrons. The highest BCUT2D eigenvalue weighted by Crippen LogP contribution is 2.39. The van der Waals surface area contributed by atoms with Crippen molar-refractivity contribution in [2.75, 3.05) is 0 Å². The Labute approximate surface area is 113 Å². The summed E-state index contributed by atoms with van der Waals surface area (Å²) in [7, 11) is 0. The average molecular weight is 298 g/mol. The van der Waals surface area contributed by atoms with Crippen LogP contribution in [-0.2, 0) is 0 Å². The lowest BCUT2D eigenvalue weighted by atomic mass is 10.00. The van der Waals surface area contributed by atoms with Gasteiger partial charge in [0, 0.05) is 16.5 Å². The molecule has 3 heteroatoms. The van der Waals surface area contributed by atoms with E-state index < -0.39 is 0 Å². The maximum absolute atomic E-state index is 9.18. The van der Waals surface area contributed by atoms with E-state index in [4.69, 9.17) is 4.42 Å². The summed E-state index contributed by atoms with van der Waals surface area (Å²) < 4.78 is 6.32. The van der Waals surface area contributed by atoms with Crippen molar-refractivity contribution in [1.82, 2.24) is 0 Å². The van der Waals surface area contributed by atoms with Gasteiger partial charge < -0.3 is 4.42 Å². The fourth-order valence-electron chi connectivity index (χ4n) is 2.07. The molecule has 0 radical (unpaired) electrons. The average Bonchev–Trinajstić information content (AvgIpc) is 2.74. The molecule has 0 spiro atoms. The Bertz CT molecular complexity index is 768. The molecule has 2 aromatic carbocycles. The third-order valence-electron chi connectivity index (χ3n) is 2.87. The van der Waals surface area contributed by atoms with E-state index in [1.807, 2.05) is 48.5 Å². The normalized spacial score (nSPS) is 10.4. The summed E-state index contributed by atoms with van der Waals surface area (Å²) in [5.74, 6) is 0. The van der Waals surface area contributed by atoms with Gasteiger partial charge in [-0.15, -0.1) is 0 Å². The Morgan fingerprint density at radius 3 is 2.56 bits per heavy atom. The van der Waals surface area contributed by atoms with E-state index in [2.05, 4.69) is 22.0 Å². The number of rotatable bonds is 1. The molecule has 0 N–H and O–H groups in total. The Balaban J connectivity index is 2.39. The monoisotopic (exact) mass is 297 g/mol. The summed E-state index contributed by atoms with van der Waals surface area (Å²) >= 11 is 3.43. The van der Waals surface area contributed by atoms with Crippen LogP contribution in [-0.4, -0.2) is 0 Å².